The van der Waals surface area contributed by atoms with Crippen LogP contribution in [0.3, 0.4) is 0 Å². The third kappa shape index (κ3) is 1.77. The minimum absolute atomic E-state index is 0.518. The van der Waals surface area contributed by atoms with Crippen molar-refractivity contribution in [3.8, 4) is 0 Å². The van der Waals surface area contributed by atoms with Crippen LogP contribution in [0.1, 0.15) is 30.9 Å². The lowest BCUT2D eigenvalue weighted by atomic mass is 9.97. The normalized spacial score (nSPS) is 10.7. The van der Waals surface area contributed by atoms with Gasteiger partial charge in [-0.1, -0.05) is 19.9 Å². The van der Waals surface area contributed by atoms with Crippen molar-refractivity contribution in [2.45, 2.75) is 26.3 Å². The number of rotatable bonds is 2. The second-order valence-corrected chi connectivity index (χ2v) is 3.32. The Kier molecular flexibility index (Phi) is 2.71. The number of nitrogen functional groups attached to an aromatic ring is 1. The molecule has 2 nitrogen and oxygen atoms in total. The van der Waals surface area contributed by atoms with Crippen molar-refractivity contribution in [1.82, 2.24) is 0 Å². The van der Waals surface area contributed by atoms with E-state index in [0.717, 1.165) is 11.3 Å². The van der Waals surface area contributed by atoms with E-state index in [4.69, 9.17) is 11.5 Å². The monoisotopic (exact) mass is 164 g/mol. The van der Waals surface area contributed by atoms with E-state index in [9.17, 15) is 0 Å². The van der Waals surface area contributed by atoms with Crippen LogP contribution in [0.15, 0.2) is 18.2 Å². The zero-order valence-corrected chi connectivity index (χ0v) is 7.67. The van der Waals surface area contributed by atoms with Crippen LogP contribution in [0.4, 0.5) is 5.69 Å². The predicted molar refractivity (Wildman–Crippen MR) is 52.8 cm³/mol. The van der Waals surface area contributed by atoms with Crippen LogP contribution in [0.5, 0.6) is 0 Å². The Balaban J connectivity index is 3.11. The Hall–Kier alpha value is -1.02. The molecule has 0 bridgehead atoms. The number of anilines is 1. The van der Waals surface area contributed by atoms with E-state index < -0.39 is 0 Å². The second-order valence-electron chi connectivity index (χ2n) is 3.32. The van der Waals surface area contributed by atoms with Gasteiger partial charge in [-0.3, -0.25) is 0 Å². The van der Waals surface area contributed by atoms with Gasteiger partial charge < -0.3 is 11.5 Å². The van der Waals surface area contributed by atoms with Gasteiger partial charge in [-0.25, -0.2) is 0 Å². The van der Waals surface area contributed by atoms with Gasteiger partial charge in [-0.2, -0.15) is 0 Å². The first-order chi connectivity index (χ1) is 5.65. The van der Waals surface area contributed by atoms with Crippen molar-refractivity contribution < 1.29 is 0 Å². The summed E-state index contributed by atoms with van der Waals surface area (Å²) in [6, 6.07) is 5.94. The van der Waals surface area contributed by atoms with Gasteiger partial charge in [0.15, 0.2) is 0 Å². The lowest BCUT2D eigenvalue weighted by molar-refractivity contribution is 0.840. The van der Waals surface area contributed by atoms with Crippen molar-refractivity contribution in [2.75, 3.05) is 5.73 Å². The molecule has 0 fully saturated rings. The molecule has 0 spiro atoms. The highest BCUT2D eigenvalue weighted by molar-refractivity contribution is 5.45. The van der Waals surface area contributed by atoms with Gasteiger partial charge >= 0.3 is 0 Å². The van der Waals surface area contributed by atoms with Gasteiger partial charge in [0.2, 0.25) is 0 Å². The maximum absolute atomic E-state index is 5.65. The van der Waals surface area contributed by atoms with E-state index in [-0.39, 0.29) is 0 Å². The molecule has 0 radical (unpaired) electrons. The molecular weight excluding hydrogens is 148 g/mol. The minimum atomic E-state index is 0.518. The van der Waals surface area contributed by atoms with E-state index in [2.05, 4.69) is 19.9 Å². The molecule has 12 heavy (non-hydrogen) atoms. The molecule has 0 unspecified atom stereocenters. The topological polar surface area (TPSA) is 52.0 Å². The van der Waals surface area contributed by atoms with Gasteiger partial charge in [0.25, 0.3) is 0 Å². The van der Waals surface area contributed by atoms with Gasteiger partial charge in [-0.05, 0) is 29.2 Å². The zero-order valence-electron chi connectivity index (χ0n) is 7.67. The standard InChI is InChI=1S/C10H16N2/c1-7(2)10-4-3-9(12)5-8(10)6-11/h3-5,7H,6,11-12H2,1-2H3. The van der Waals surface area contributed by atoms with Crippen LogP contribution in [0.25, 0.3) is 0 Å². The molecule has 1 rings (SSSR count). The number of nitrogens with two attached hydrogens (primary N) is 2. The smallest absolute Gasteiger partial charge is 0.0317 e. The average molecular weight is 164 g/mol. The number of benzene rings is 1. The van der Waals surface area contributed by atoms with Crippen molar-refractivity contribution in [1.29, 1.82) is 0 Å². The van der Waals surface area contributed by atoms with Crippen molar-refractivity contribution >= 4 is 5.69 Å². The highest BCUT2D eigenvalue weighted by Gasteiger charge is 2.04. The molecule has 1 aromatic rings. The lowest BCUT2D eigenvalue weighted by Gasteiger charge is -2.11. The first kappa shape index (κ1) is 9.07. The molecule has 0 aliphatic heterocycles. The summed E-state index contributed by atoms with van der Waals surface area (Å²) in [5.41, 5.74) is 14.5. The van der Waals surface area contributed by atoms with E-state index in [1.165, 1.54) is 5.56 Å². The molecule has 0 aliphatic rings. The van der Waals surface area contributed by atoms with Gasteiger partial charge in [0.1, 0.15) is 0 Å². The number of hydrogen-bond acceptors (Lipinski definition) is 2. The van der Waals surface area contributed by atoms with Gasteiger partial charge in [-0.15, -0.1) is 0 Å². The molecule has 4 N–H and O–H groups in total. The summed E-state index contributed by atoms with van der Waals surface area (Å²) in [7, 11) is 0. The maximum atomic E-state index is 5.65. The molecule has 1 aromatic carbocycles. The van der Waals surface area contributed by atoms with Crippen LogP contribution >= 0.6 is 0 Å². The fraction of sp³-hybridized carbons (Fsp3) is 0.400. The Labute approximate surface area is 73.6 Å². The van der Waals surface area contributed by atoms with Crippen LogP contribution in [-0.4, -0.2) is 0 Å². The van der Waals surface area contributed by atoms with Crippen LogP contribution < -0.4 is 11.5 Å². The molecule has 0 saturated carbocycles. The summed E-state index contributed by atoms with van der Waals surface area (Å²) in [5, 5.41) is 0. The number of hydrogen-bond donors (Lipinski definition) is 2. The van der Waals surface area contributed by atoms with E-state index in [1.807, 2.05) is 12.1 Å². The molecule has 2 heteroatoms. The molecular formula is C10H16N2. The van der Waals surface area contributed by atoms with E-state index >= 15 is 0 Å². The Morgan fingerprint density at radius 3 is 2.50 bits per heavy atom. The minimum Gasteiger partial charge on any atom is -0.399 e. The first-order valence-corrected chi connectivity index (χ1v) is 4.23. The summed E-state index contributed by atoms with van der Waals surface area (Å²) < 4.78 is 0. The largest absolute Gasteiger partial charge is 0.399 e. The van der Waals surface area contributed by atoms with Gasteiger partial charge in [0.05, 0.1) is 0 Å². The lowest BCUT2D eigenvalue weighted by Crippen LogP contribution is -2.03. The SMILES string of the molecule is CC(C)c1ccc(N)cc1CN. The fourth-order valence-corrected chi connectivity index (χ4v) is 1.37. The van der Waals surface area contributed by atoms with Crippen molar-refractivity contribution in [2.24, 2.45) is 5.73 Å². The fourth-order valence-electron chi connectivity index (χ4n) is 1.37. The summed E-state index contributed by atoms with van der Waals surface area (Å²) in [4.78, 5) is 0. The van der Waals surface area contributed by atoms with Gasteiger partial charge in [0, 0.05) is 12.2 Å². The van der Waals surface area contributed by atoms with Crippen molar-refractivity contribution in [3.05, 3.63) is 29.3 Å². The van der Waals surface area contributed by atoms with Crippen LogP contribution in [0.2, 0.25) is 0 Å². The summed E-state index contributed by atoms with van der Waals surface area (Å²) >= 11 is 0. The molecule has 0 heterocycles. The third-order valence-corrected chi connectivity index (χ3v) is 2.01. The molecule has 0 amide bonds. The molecule has 0 aliphatic carbocycles. The maximum Gasteiger partial charge on any atom is 0.0317 e. The molecule has 0 aromatic heterocycles. The predicted octanol–water partition coefficient (Wildman–Crippen LogP) is 1.85. The first-order valence-electron chi connectivity index (χ1n) is 4.23. The van der Waals surface area contributed by atoms with Crippen LogP contribution in [0, 0.1) is 0 Å². The Morgan fingerprint density at radius 2 is 2.00 bits per heavy atom. The third-order valence-electron chi connectivity index (χ3n) is 2.01. The summed E-state index contributed by atoms with van der Waals surface area (Å²) in [6.45, 7) is 4.88. The van der Waals surface area contributed by atoms with E-state index in [0.29, 0.717) is 12.5 Å². The summed E-state index contributed by atoms with van der Waals surface area (Å²) in [5.74, 6) is 0.518. The Bertz CT molecular complexity index is 267. The van der Waals surface area contributed by atoms with Crippen molar-refractivity contribution in [3.63, 3.8) is 0 Å². The second kappa shape index (κ2) is 3.59. The van der Waals surface area contributed by atoms with Crippen LogP contribution in [-0.2, 0) is 6.54 Å². The van der Waals surface area contributed by atoms with E-state index in [1.54, 1.807) is 0 Å². The molecule has 66 valence electrons. The average Bonchev–Trinajstić information content (AvgIpc) is 2.03. The zero-order chi connectivity index (χ0) is 9.14. The molecule has 0 saturated heterocycles. The summed E-state index contributed by atoms with van der Waals surface area (Å²) in [6.07, 6.45) is 0. The Morgan fingerprint density at radius 1 is 1.33 bits per heavy atom. The quantitative estimate of drug-likeness (QED) is 0.655. The highest BCUT2D eigenvalue weighted by atomic mass is 14.6. The highest BCUT2D eigenvalue weighted by Crippen LogP contribution is 2.21. The molecule has 0 atom stereocenters.